The summed E-state index contributed by atoms with van der Waals surface area (Å²) in [5, 5.41) is 20.3. The predicted octanol–water partition coefficient (Wildman–Crippen LogP) is 3.54. The van der Waals surface area contributed by atoms with Crippen LogP contribution < -0.4 is 10.8 Å². The van der Waals surface area contributed by atoms with E-state index in [4.69, 9.17) is 4.63 Å². The van der Waals surface area contributed by atoms with Crippen LogP contribution in [0.15, 0.2) is 67.5 Å². The maximum absolute atomic E-state index is 13.5. The maximum Gasteiger partial charge on any atom is 0.243 e. The molecule has 34 heavy (non-hydrogen) atoms. The zero-order valence-electron chi connectivity index (χ0n) is 17.9. The number of rotatable bonds is 7. The van der Waals surface area contributed by atoms with Crippen molar-refractivity contribution >= 4 is 43.3 Å². The molecule has 1 unspecified atom stereocenters. The molecule has 1 fully saturated rings. The number of hydrogen-bond acceptors (Lipinski definition) is 8. The minimum Gasteiger partial charge on any atom is -0.365 e. The molecule has 2 aromatic carbocycles. The SMILES string of the molecule is O=S(=O)(c1ccccc1)N1CCCC(CNc2nonc2C(=Nc2ccc(F)c(Br)c2)NO)C1. The number of nitrogens with zero attached hydrogens (tertiary/aromatic N) is 4. The Morgan fingerprint density at radius 3 is 2.79 bits per heavy atom. The van der Waals surface area contributed by atoms with Crippen LogP contribution in [0.25, 0.3) is 0 Å². The third-order valence-corrected chi connectivity index (χ3v) is 7.87. The topological polar surface area (TPSA) is 133 Å². The standard InChI is InChI=1S/C21H22BrFN6O4S/c22-17-11-15(8-9-18(17)23)25-21(26-30)19-20(28-33-27-19)24-12-14-5-4-10-29(13-14)34(31,32)16-6-2-1-3-7-16/h1-3,6-9,11,14,30H,4-5,10,12-13H2,(H,24,28)(H,25,26). The molecule has 3 aromatic rings. The molecule has 0 aliphatic carbocycles. The van der Waals surface area contributed by atoms with Crippen LogP contribution in [-0.4, -0.2) is 53.7 Å². The average molecular weight is 553 g/mol. The van der Waals surface area contributed by atoms with E-state index < -0.39 is 15.8 Å². The van der Waals surface area contributed by atoms with Gasteiger partial charge in [0.2, 0.25) is 15.8 Å². The molecule has 4 rings (SSSR count). The van der Waals surface area contributed by atoms with Gasteiger partial charge in [0.05, 0.1) is 15.1 Å². The van der Waals surface area contributed by atoms with E-state index in [0.717, 1.165) is 12.8 Å². The lowest BCUT2D eigenvalue weighted by atomic mass is 10.00. The summed E-state index contributed by atoms with van der Waals surface area (Å²) in [4.78, 5) is 4.50. The predicted molar refractivity (Wildman–Crippen MR) is 126 cm³/mol. The number of benzene rings is 2. The Morgan fingerprint density at radius 2 is 2.06 bits per heavy atom. The molecule has 180 valence electrons. The molecule has 0 bridgehead atoms. The number of piperidine rings is 1. The van der Waals surface area contributed by atoms with Gasteiger partial charge in [-0.15, -0.1) is 0 Å². The molecular formula is C21H22BrFN6O4S. The Hall–Kier alpha value is -2.87. The number of aromatic nitrogens is 2. The van der Waals surface area contributed by atoms with Gasteiger partial charge in [-0.05, 0) is 75.3 Å². The van der Waals surface area contributed by atoms with Gasteiger partial charge in [0.25, 0.3) is 0 Å². The van der Waals surface area contributed by atoms with Crippen LogP contribution >= 0.6 is 15.9 Å². The number of aliphatic imine (C=N–C) groups is 1. The van der Waals surface area contributed by atoms with Crippen LogP contribution in [0.3, 0.4) is 0 Å². The summed E-state index contributed by atoms with van der Waals surface area (Å²) in [5.41, 5.74) is 2.43. The Labute approximate surface area is 204 Å². The molecule has 1 saturated heterocycles. The summed E-state index contributed by atoms with van der Waals surface area (Å²) >= 11 is 3.09. The summed E-state index contributed by atoms with van der Waals surface area (Å²) in [7, 11) is -3.57. The lowest BCUT2D eigenvalue weighted by Crippen LogP contribution is -2.41. The molecule has 10 nitrogen and oxygen atoms in total. The number of anilines is 1. The third-order valence-electron chi connectivity index (χ3n) is 5.38. The average Bonchev–Trinajstić information content (AvgIpc) is 3.32. The van der Waals surface area contributed by atoms with E-state index in [1.165, 1.54) is 22.5 Å². The second-order valence-corrected chi connectivity index (χ2v) is 10.5. The fraction of sp³-hybridized carbons (Fsp3) is 0.286. The first kappa shape index (κ1) is 24.3. The van der Waals surface area contributed by atoms with Crippen molar-refractivity contribution in [1.29, 1.82) is 0 Å². The minimum atomic E-state index is -3.57. The van der Waals surface area contributed by atoms with E-state index in [1.54, 1.807) is 30.3 Å². The second kappa shape index (κ2) is 10.6. The molecule has 3 N–H and O–H groups in total. The van der Waals surface area contributed by atoms with E-state index >= 15 is 0 Å². The molecule has 0 saturated carbocycles. The Balaban J connectivity index is 1.45. The first-order chi connectivity index (χ1) is 16.4. The molecule has 1 atom stereocenters. The summed E-state index contributed by atoms with van der Waals surface area (Å²) in [6.45, 7) is 1.22. The highest BCUT2D eigenvalue weighted by molar-refractivity contribution is 9.10. The highest BCUT2D eigenvalue weighted by atomic mass is 79.9. The molecule has 1 aromatic heterocycles. The van der Waals surface area contributed by atoms with E-state index in [0.29, 0.717) is 25.3 Å². The number of sulfonamides is 1. The number of halogens is 2. The quantitative estimate of drug-likeness (QED) is 0.230. The van der Waals surface area contributed by atoms with Crippen molar-refractivity contribution in [1.82, 2.24) is 20.1 Å². The zero-order valence-corrected chi connectivity index (χ0v) is 20.3. The van der Waals surface area contributed by atoms with Crippen molar-refractivity contribution in [2.75, 3.05) is 25.0 Å². The van der Waals surface area contributed by atoms with Gasteiger partial charge in [0, 0.05) is 19.6 Å². The minimum absolute atomic E-state index is 0.0207. The van der Waals surface area contributed by atoms with Crippen molar-refractivity contribution < 1.29 is 22.6 Å². The second-order valence-electron chi connectivity index (χ2n) is 7.70. The van der Waals surface area contributed by atoms with E-state index in [-0.39, 0.29) is 32.6 Å². The van der Waals surface area contributed by atoms with Crippen LogP contribution in [0.5, 0.6) is 0 Å². The lowest BCUT2D eigenvalue weighted by molar-refractivity contribution is 0.234. The van der Waals surface area contributed by atoms with Crippen LogP contribution in [-0.2, 0) is 10.0 Å². The lowest BCUT2D eigenvalue weighted by Gasteiger charge is -2.32. The van der Waals surface area contributed by atoms with Crippen molar-refractivity contribution in [3.05, 3.63) is 64.5 Å². The number of hydrogen-bond donors (Lipinski definition) is 3. The number of amidine groups is 1. The van der Waals surface area contributed by atoms with Gasteiger partial charge in [-0.1, -0.05) is 18.2 Å². The van der Waals surface area contributed by atoms with Crippen molar-refractivity contribution in [3.63, 3.8) is 0 Å². The fourth-order valence-corrected chi connectivity index (χ4v) is 5.61. The van der Waals surface area contributed by atoms with Gasteiger partial charge in [-0.3, -0.25) is 10.7 Å². The van der Waals surface area contributed by atoms with E-state index in [2.05, 4.69) is 36.6 Å². The van der Waals surface area contributed by atoms with Gasteiger partial charge in [0.15, 0.2) is 11.5 Å². The molecule has 2 heterocycles. The number of hydroxylamine groups is 1. The fourth-order valence-electron chi connectivity index (χ4n) is 3.67. The molecule has 0 radical (unpaired) electrons. The van der Waals surface area contributed by atoms with Gasteiger partial charge < -0.3 is 5.32 Å². The molecule has 13 heteroatoms. The maximum atomic E-state index is 13.5. The summed E-state index contributed by atoms with van der Waals surface area (Å²) < 4.78 is 45.9. The van der Waals surface area contributed by atoms with Crippen LogP contribution in [0.2, 0.25) is 0 Å². The smallest absolute Gasteiger partial charge is 0.243 e. The summed E-state index contributed by atoms with van der Waals surface area (Å²) in [6.07, 6.45) is 1.56. The van der Waals surface area contributed by atoms with Crippen LogP contribution in [0.1, 0.15) is 18.5 Å². The molecule has 1 aliphatic rings. The van der Waals surface area contributed by atoms with Gasteiger partial charge in [0.1, 0.15) is 5.82 Å². The van der Waals surface area contributed by atoms with Crippen molar-refractivity contribution in [3.8, 4) is 0 Å². The largest absolute Gasteiger partial charge is 0.365 e. The van der Waals surface area contributed by atoms with E-state index in [1.807, 2.05) is 5.48 Å². The molecular weight excluding hydrogens is 531 g/mol. The van der Waals surface area contributed by atoms with Gasteiger partial charge in [-0.2, -0.15) is 4.31 Å². The van der Waals surface area contributed by atoms with Crippen molar-refractivity contribution in [2.45, 2.75) is 17.7 Å². The zero-order chi connectivity index (χ0) is 24.1. The highest BCUT2D eigenvalue weighted by Crippen LogP contribution is 2.25. The van der Waals surface area contributed by atoms with Crippen LogP contribution in [0, 0.1) is 11.7 Å². The summed E-state index contributed by atoms with van der Waals surface area (Å²) in [5.74, 6) is -0.255. The Kier molecular flexibility index (Phi) is 7.56. The Bertz CT molecular complexity index is 1270. The normalized spacial score (nSPS) is 17.5. The molecule has 0 amide bonds. The summed E-state index contributed by atoms with van der Waals surface area (Å²) in [6, 6.07) is 12.5. The van der Waals surface area contributed by atoms with Gasteiger partial charge >= 0.3 is 0 Å². The number of nitrogens with one attached hydrogen (secondary N) is 2. The first-order valence-corrected chi connectivity index (χ1v) is 12.7. The highest BCUT2D eigenvalue weighted by Gasteiger charge is 2.30. The first-order valence-electron chi connectivity index (χ1n) is 10.4. The monoisotopic (exact) mass is 552 g/mol. The molecule has 1 aliphatic heterocycles. The Morgan fingerprint density at radius 1 is 1.26 bits per heavy atom. The third kappa shape index (κ3) is 5.43. The van der Waals surface area contributed by atoms with E-state index in [9.17, 15) is 18.0 Å². The van der Waals surface area contributed by atoms with Crippen LogP contribution in [0.4, 0.5) is 15.9 Å². The van der Waals surface area contributed by atoms with Gasteiger partial charge in [-0.25, -0.2) is 22.4 Å². The van der Waals surface area contributed by atoms with Crippen molar-refractivity contribution in [2.24, 2.45) is 10.9 Å². The molecule has 0 spiro atoms.